The van der Waals surface area contributed by atoms with Crippen molar-refractivity contribution in [2.75, 3.05) is 13.3 Å². The summed E-state index contributed by atoms with van der Waals surface area (Å²) in [5.74, 6) is 2.55. The first-order valence-corrected chi connectivity index (χ1v) is 6.00. The van der Waals surface area contributed by atoms with Crippen molar-refractivity contribution in [3.63, 3.8) is 0 Å². The summed E-state index contributed by atoms with van der Waals surface area (Å²) in [5.41, 5.74) is 3.06. The zero-order valence-electron chi connectivity index (χ0n) is 10.1. The summed E-state index contributed by atoms with van der Waals surface area (Å²) >= 11 is 0. The monoisotopic (exact) mass is 280 g/mol. The molecule has 2 aromatic rings. The third kappa shape index (κ3) is 1.95. The molecule has 0 spiro atoms. The Kier molecular flexibility index (Phi) is 3.08. The van der Waals surface area contributed by atoms with E-state index in [1.165, 1.54) is 0 Å². The molecule has 2 aliphatic heterocycles. The predicted octanol–water partition coefficient (Wildman–Crippen LogP) is 2.14. The lowest BCUT2D eigenvalue weighted by Gasteiger charge is -2.11. The van der Waals surface area contributed by atoms with E-state index in [0.717, 1.165) is 53.6 Å². The molecule has 3 heterocycles. The molecule has 6 heteroatoms. The molecular formula is C13H13ClN2O3. The lowest BCUT2D eigenvalue weighted by molar-refractivity contribution is 0.174. The Morgan fingerprint density at radius 1 is 1.16 bits per heavy atom. The Bertz CT molecular complexity index is 612. The van der Waals surface area contributed by atoms with E-state index in [2.05, 4.69) is 10.5 Å². The van der Waals surface area contributed by atoms with Crippen LogP contribution in [0.15, 0.2) is 22.7 Å². The number of nitrogens with zero attached hydrogens (tertiary/aromatic N) is 1. The maximum atomic E-state index is 5.40. The zero-order valence-corrected chi connectivity index (χ0v) is 11.0. The van der Waals surface area contributed by atoms with Crippen molar-refractivity contribution in [2.24, 2.45) is 0 Å². The molecule has 5 nitrogen and oxygen atoms in total. The van der Waals surface area contributed by atoms with Crippen molar-refractivity contribution < 1.29 is 14.0 Å². The van der Waals surface area contributed by atoms with Gasteiger partial charge in [0.05, 0.1) is 0 Å². The normalized spacial score (nSPS) is 15.8. The summed E-state index contributed by atoms with van der Waals surface area (Å²) in [5, 5.41) is 7.52. The van der Waals surface area contributed by atoms with E-state index in [9.17, 15) is 0 Å². The standard InChI is InChI=1S/C13H12N2O3.ClH/c1-2-11-12(17-7-16-11)5-8(1)13-9-6-14-4-3-10(9)18-15-13;/h1-2,5,14H,3-4,6-7H2;1H. The number of benzene rings is 1. The van der Waals surface area contributed by atoms with Crippen molar-refractivity contribution in [2.45, 2.75) is 13.0 Å². The first-order chi connectivity index (χ1) is 8.92. The largest absolute Gasteiger partial charge is 0.454 e. The summed E-state index contributed by atoms with van der Waals surface area (Å²) in [6.45, 7) is 2.04. The van der Waals surface area contributed by atoms with Crippen LogP contribution >= 0.6 is 12.4 Å². The molecule has 0 unspecified atom stereocenters. The van der Waals surface area contributed by atoms with Crippen molar-refractivity contribution >= 4 is 12.4 Å². The minimum absolute atomic E-state index is 0. The minimum Gasteiger partial charge on any atom is -0.454 e. The van der Waals surface area contributed by atoms with Gasteiger partial charge in [-0.3, -0.25) is 0 Å². The first kappa shape index (κ1) is 12.3. The Morgan fingerprint density at radius 3 is 3.00 bits per heavy atom. The van der Waals surface area contributed by atoms with Crippen LogP contribution in [0.5, 0.6) is 11.5 Å². The molecule has 0 saturated carbocycles. The van der Waals surface area contributed by atoms with Gasteiger partial charge >= 0.3 is 0 Å². The highest BCUT2D eigenvalue weighted by atomic mass is 35.5. The number of ether oxygens (including phenoxy) is 2. The maximum absolute atomic E-state index is 5.40. The van der Waals surface area contributed by atoms with Crippen LogP contribution in [0.4, 0.5) is 0 Å². The Balaban J connectivity index is 0.00000110. The van der Waals surface area contributed by atoms with Crippen molar-refractivity contribution in [1.82, 2.24) is 10.5 Å². The SMILES string of the molecule is Cl.c1cc2c(cc1-c1noc3c1CNCC3)OCO2. The van der Waals surface area contributed by atoms with Gasteiger partial charge in [-0.1, -0.05) is 5.16 Å². The molecule has 19 heavy (non-hydrogen) atoms. The van der Waals surface area contributed by atoms with Crippen LogP contribution in [-0.4, -0.2) is 18.5 Å². The van der Waals surface area contributed by atoms with E-state index in [0.29, 0.717) is 0 Å². The highest BCUT2D eigenvalue weighted by molar-refractivity contribution is 5.85. The molecule has 1 aromatic heterocycles. The van der Waals surface area contributed by atoms with Gasteiger partial charge in [-0.15, -0.1) is 12.4 Å². The van der Waals surface area contributed by atoms with Gasteiger partial charge in [0.2, 0.25) is 6.79 Å². The van der Waals surface area contributed by atoms with Crippen molar-refractivity contribution in [3.8, 4) is 22.8 Å². The lowest BCUT2D eigenvalue weighted by Crippen LogP contribution is -2.22. The summed E-state index contributed by atoms with van der Waals surface area (Å²) in [4.78, 5) is 0. The highest BCUT2D eigenvalue weighted by Gasteiger charge is 2.22. The van der Waals surface area contributed by atoms with Crippen molar-refractivity contribution in [1.29, 1.82) is 0 Å². The lowest BCUT2D eigenvalue weighted by atomic mass is 10.0. The summed E-state index contributed by atoms with van der Waals surface area (Å²) < 4.78 is 16.1. The number of hydrogen-bond donors (Lipinski definition) is 1. The van der Waals surface area contributed by atoms with Crippen LogP contribution in [0.25, 0.3) is 11.3 Å². The van der Waals surface area contributed by atoms with Crippen LogP contribution in [0.2, 0.25) is 0 Å². The van der Waals surface area contributed by atoms with Gasteiger partial charge in [-0.25, -0.2) is 0 Å². The summed E-state index contributed by atoms with van der Waals surface area (Å²) in [6, 6.07) is 5.85. The molecule has 2 aliphatic rings. The molecule has 0 aliphatic carbocycles. The van der Waals surface area contributed by atoms with E-state index in [-0.39, 0.29) is 19.2 Å². The van der Waals surface area contributed by atoms with Crippen LogP contribution in [-0.2, 0) is 13.0 Å². The van der Waals surface area contributed by atoms with Gasteiger partial charge in [-0.05, 0) is 18.2 Å². The second-order valence-corrected chi connectivity index (χ2v) is 4.43. The van der Waals surface area contributed by atoms with E-state index >= 15 is 0 Å². The molecule has 4 rings (SSSR count). The van der Waals surface area contributed by atoms with Crippen LogP contribution < -0.4 is 14.8 Å². The highest BCUT2D eigenvalue weighted by Crippen LogP contribution is 2.37. The maximum Gasteiger partial charge on any atom is 0.231 e. The van der Waals surface area contributed by atoms with Gasteiger partial charge in [0.1, 0.15) is 11.5 Å². The first-order valence-electron chi connectivity index (χ1n) is 6.00. The van der Waals surface area contributed by atoms with E-state index < -0.39 is 0 Å². The predicted molar refractivity (Wildman–Crippen MR) is 70.7 cm³/mol. The van der Waals surface area contributed by atoms with E-state index in [4.69, 9.17) is 14.0 Å². The quantitative estimate of drug-likeness (QED) is 0.867. The van der Waals surface area contributed by atoms with Crippen LogP contribution in [0.3, 0.4) is 0 Å². The average molecular weight is 281 g/mol. The Morgan fingerprint density at radius 2 is 2.05 bits per heavy atom. The number of hydrogen-bond acceptors (Lipinski definition) is 5. The molecule has 0 fully saturated rings. The zero-order chi connectivity index (χ0) is 11.9. The minimum atomic E-state index is 0. The molecule has 0 saturated heterocycles. The number of aromatic nitrogens is 1. The molecular weight excluding hydrogens is 268 g/mol. The van der Waals surface area contributed by atoms with Gasteiger partial charge < -0.3 is 19.3 Å². The fraction of sp³-hybridized carbons (Fsp3) is 0.308. The average Bonchev–Trinajstić information content (AvgIpc) is 3.04. The third-order valence-electron chi connectivity index (χ3n) is 3.35. The molecule has 100 valence electrons. The molecule has 0 amide bonds. The van der Waals surface area contributed by atoms with Gasteiger partial charge in [0.15, 0.2) is 11.5 Å². The molecule has 1 N–H and O–H groups in total. The van der Waals surface area contributed by atoms with E-state index in [1.54, 1.807) is 0 Å². The molecule has 0 atom stereocenters. The second kappa shape index (κ2) is 4.75. The Labute approximate surface area is 116 Å². The van der Waals surface area contributed by atoms with Gasteiger partial charge in [-0.2, -0.15) is 0 Å². The van der Waals surface area contributed by atoms with Crippen LogP contribution in [0, 0.1) is 0 Å². The van der Waals surface area contributed by atoms with E-state index in [1.807, 2.05) is 18.2 Å². The summed E-state index contributed by atoms with van der Waals surface area (Å²) in [7, 11) is 0. The Hall–Kier alpha value is -1.72. The molecule has 0 radical (unpaired) electrons. The number of fused-ring (bicyclic) bond motifs is 2. The fourth-order valence-electron chi connectivity index (χ4n) is 2.41. The molecule has 1 aromatic carbocycles. The molecule has 0 bridgehead atoms. The second-order valence-electron chi connectivity index (χ2n) is 4.43. The fourth-order valence-corrected chi connectivity index (χ4v) is 2.41. The van der Waals surface area contributed by atoms with Gasteiger partial charge in [0.25, 0.3) is 0 Å². The summed E-state index contributed by atoms with van der Waals surface area (Å²) in [6.07, 6.45) is 0.896. The third-order valence-corrected chi connectivity index (χ3v) is 3.35. The number of halogens is 1. The van der Waals surface area contributed by atoms with Crippen molar-refractivity contribution in [3.05, 3.63) is 29.5 Å². The number of rotatable bonds is 1. The smallest absolute Gasteiger partial charge is 0.231 e. The van der Waals surface area contributed by atoms with Crippen LogP contribution in [0.1, 0.15) is 11.3 Å². The number of nitrogens with one attached hydrogen (secondary N) is 1. The van der Waals surface area contributed by atoms with Gasteiger partial charge in [0, 0.05) is 30.6 Å². The topological polar surface area (TPSA) is 56.5 Å².